The molecule has 0 saturated heterocycles. The molecule has 1 nitrogen and oxygen atoms in total. The van der Waals surface area contributed by atoms with Gasteiger partial charge in [0.2, 0.25) is 0 Å². The summed E-state index contributed by atoms with van der Waals surface area (Å²) < 4.78 is 13.7. The molecule has 2 aromatic rings. The van der Waals surface area contributed by atoms with Gasteiger partial charge in [-0.3, -0.25) is 0 Å². The van der Waals surface area contributed by atoms with E-state index in [1.54, 1.807) is 6.07 Å². The SMILES string of the molecule is Cc1cccc(CC(N)c2ccc(F)cc2Br)c1. The van der Waals surface area contributed by atoms with Gasteiger partial charge in [0.25, 0.3) is 0 Å². The fourth-order valence-corrected chi connectivity index (χ4v) is 2.65. The minimum absolute atomic E-state index is 0.137. The molecule has 0 fully saturated rings. The highest BCUT2D eigenvalue weighted by molar-refractivity contribution is 9.10. The minimum Gasteiger partial charge on any atom is -0.324 e. The topological polar surface area (TPSA) is 26.0 Å². The monoisotopic (exact) mass is 307 g/mol. The summed E-state index contributed by atoms with van der Waals surface area (Å²) in [5.41, 5.74) is 9.52. The van der Waals surface area contributed by atoms with Gasteiger partial charge in [-0.25, -0.2) is 4.39 Å². The Morgan fingerprint density at radius 3 is 2.67 bits per heavy atom. The lowest BCUT2D eigenvalue weighted by molar-refractivity contribution is 0.623. The van der Waals surface area contributed by atoms with Crippen molar-refractivity contribution in [2.45, 2.75) is 19.4 Å². The Morgan fingerprint density at radius 1 is 1.22 bits per heavy atom. The van der Waals surface area contributed by atoms with Crippen LogP contribution in [0.3, 0.4) is 0 Å². The fourth-order valence-electron chi connectivity index (χ4n) is 2.01. The van der Waals surface area contributed by atoms with Crippen molar-refractivity contribution in [3.63, 3.8) is 0 Å². The third-order valence-electron chi connectivity index (χ3n) is 2.90. The van der Waals surface area contributed by atoms with Crippen LogP contribution in [0.5, 0.6) is 0 Å². The van der Waals surface area contributed by atoms with E-state index in [0.29, 0.717) is 0 Å². The molecule has 0 amide bonds. The first kappa shape index (κ1) is 13.2. The van der Waals surface area contributed by atoms with Crippen molar-refractivity contribution >= 4 is 15.9 Å². The van der Waals surface area contributed by atoms with Crippen molar-refractivity contribution in [2.75, 3.05) is 0 Å². The van der Waals surface area contributed by atoms with Crippen LogP contribution in [0.25, 0.3) is 0 Å². The largest absolute Gasteiger partial charge is 0.324 e. The molecule has 2 aromatic carbocycles. The van der Waals surface area contributed by atoms with Crippen molar-refractivity contribution in [2.24, 2.45) is 5.73 Å². The number of aryl methyl sites for hydroxylation is 1. The summed E-state index contributed by atoms with van der Waals surface area (Å²) in [5.74, 6) is -0.256. The lowest BCUT2D eigenvalue weighted by Gasteiger charge is -2.14. The maximum atomic E-state index is 13.0. The van der Waals surface area contributed by atoms with Crippen LogP contribution in [0.1, 0.15) is 22.7 Å². The maximum Gasteiger partial charge on any atom is 0.124 e. The number of hydrogen-bond acceptors (Lipinski definition) is 1. The maximum absolute atomic E-state index is 13.0. The van der Waals surface area contributed by atoms with Crippen molar-refractivity contribution in [1.82, 2.24) is 0 Å². The highest BCUT2D eigenvalue weighted by Gasteiger charge is 2.11. The summed E-state index contributed by atoms with van der Waals surface area (Å²) in [6.45, 7) is 2.06. The van der Waals surface area contributed by atoms with Gasteiger partial charge in [0.05, 0.1) is 0 Å². The number of nitrogens with two attached hydrogens (primary N) is 1. The predicted molar refractivity (Wildman–Crippen MR) is 75.9 cm³/mol. The lowest BCUT2D eigenvalue weighted by atomic mass is 9.99. The molecule has 0 heterocycles. The van der Waals surface area contributed by atoms with E-state index in [1.165, 1.54) is 23.3 Å². The summed E-state index contributed by atoms with van der Waals surface area (Å²) >= 11 is 3.36. The van der Waals surface area contributed by atoms with Gasteiger partial charge in [0.15, 0.2) is 0 Å². The average Bonchev–Trinajstić information content (AvgIpc) is 2.28. The first-order chi connectivity index (χ1) is 8.56. The second-order valence-electron chi connectivity index (χ2n) is 4.47. The zero-order valence-corrected chi connectivity index (χ0v) is 11.7. The molecule has 18 heavy (non-hydrogen) atoms. The summed E-state index contributed by atoms with van der Waals surface area (Å²) in [5, 5.41) is 0. The zero-order valence-electron chi connectivity index (χ0n) is 10.2. The molecular weight excluding hydrogens is 293 g/mol. The molecule has 0 spiro atoms. The van der Waals surface area contributed by atoms with Gasteiger partial charge < -0.3 is 5.73 Å². The van der Waals surface area contributed by atoms with Crippen LogP contribution < -0.4 is 5.73 Å². The average molecular weight is 308 g/mol. The molecule has 0 aliphatic carbocycles. The molecule has 1 unspecified atom stereocenters. The Kier molecular flexibility index (Phi) is 4.15. The van der Waals surface area contributed by atoms with Gasteiger partial charge in [0, 0.05) is 10.5 Å². The Bertz CT molecular complexity index is 554. The first-order valence-corrected chi connectivity index (χ1v) is 6.61. The fraction of sp³-hybridized carbons (Fsp3) is 0.200. The molecule has 2 N–H and O–H groups in total. The van der Waals surface area contributed by atoms with Crippen molar-refractivity contribution in [1.29, 1.82) is 0 Å². The highest BCUT2D eigenvalue weighted by atomic mass is 79.9. The Labute approximate surface area is 115 Å². The Balaban J connectivity index is 2.19. The van der Waals surface area contributed by atoms with Crippen LogP contribution >= 0.6 is 15.9 Å². The number of rotatable bonds is 3. The quantitative estimate of drug-likeness (QED) is 0.906. The molecule has 0 radical (unpaired) electrons. The van der Waals surface area contributed by atoms with Gasteiger partial charge in [-0.1, -0.05) is 51.8 Å². The molecule has 0 aliphatic heterocycles. The molecule has 0 bridgehead atoms. The molecule has 94 valence electrons. The van der Waals surface area contributed by atoms with Crippen molar-refractivity contribution in [3.8, 4) is 0 Å². The summed E-state index contributed by atoms with van der Waals surface area (Å²) in [6.07, 6.45) is 0.742. The van der Waals surface area contributed by atoms with Crippen LogP contribution in [0.2, 0.25) is 0 Å². The van der Waals surface area contributed by atoms with Crippen LogP contribution in [0.4, 0.5) is 4.39 Å². The number of benzene rings is 2. The third kappa shape index (κ3) is 3.18. The Hall–Kier alpha value is -1.19. The first-order valence-electron chi connectivity index (χ1n) is 5.82. The standard InChI is InChI=1S/C15H15BrFN/c1-10-3-2-4-11(7-10)8-15(18)13-6-5-12(17)9-14(13)16/h2-7,9,15H,8,18H2,1H3. The van der Waals surface area contributed by atoms with Crippen molar-refractivity contribution < 1.29 is 4.39 Å². The van der Waals surface area contributed by atoms with E-state index in [2.05, 4.69) is 41.1 Å². The van der Waals surface area contributed by atoms with E-state index in [-0.39, 0.29) is 11.9 Å². The van der Waals surface area contributed by atoms with E-state index < -0.39 is 0 Å². The molecule has 3 heteroatoms. The number of halogens is 2. The van der Waals surface area contributed by atoms with Crippen molar-refractivity contribution in [3.05, 3.63) is 69.4 Å². The molecule has 2 rings (SSSR count). The molecule has 1 atom stereocenters. The van der Waals surface area contributed by atoms with Crippen LogP contribution in [0.15, 0.2) is 46.9 Å². The van der Waals surface area contributed by atoms with Gasteiger partial charge in [-0.2, -0.15) is 0 Å². The molecular formula is C15H15BrFN. The van der Waals surface area contributed by atoms with E-state index >= 15 is 0 Å². The smallest absolute Gasteiger partial charge is 0.124 e. The molecule has 0 aliphatic rings. The lowest BCUT2D eigenvalue weighted by Crippen LogP contribution is -2.14. The van der Waals surface area contributed by atoms with Crippen LogP contribution in [0, 0.1) is 12.7 Å². The second-order valence-corrected chi connectivity index (χ2v) is 5.32. The normalized spacial score (nSPS) is 12.4. The van der Waals surface area contributed by atoms with E-state index in [9.17, 15) is 4.39 Å². The second kappa shape index (κ2) is 5.63. The summed E-state index contributed by atoms with van der Waals surface area (Å²) in [7, 11) is 0. The highest BCUT2D eigenvalue weighted by Crippen LogP contribution is 2.25. The summed E-state index contributed by atoms with van der Waals surface area (Å²) in [4.78, 5) is 0. The van der Waals surface area contributed by atoms with Gasteiger partial charge in [0.1, 0.15) is 5.82 Å². The van der Waals surface area contributed by atoms with E-state index in [4.69, 9.17) is 5.73 Å². The van der Waals surface area contributed by atoms with Gasteiger partial charge in [-0.05, 0) is 36.6 Å². The van der Waals surface area contributed by atoms with E-state index in [1.807, 2.05) is 6.07 Å². The third-order valence-corrected chi connectivity index (χ3v) is 3.59. The Morgan fingerprint density at radius 2 is 2.00 bits per heavy atom. The molecule has 0 aromatic heterocycles. The van der Waals surface area contributed by atoms with Crippen LogP contribution in [-0.4, -0.2) is 0 Å². The summed E-state index contributed by atoms with van der Waals surface area (Å²) in [6, 6.07) is 12.8. The van der Waals surface area contributed by atoms with E-state index in [0.717, 1.165) is 16.5 Å². The zero-order chi connectivity index (χ0) is 13.1. The van der Waals surface area contributed by atoms with Crippen LogP contribution in [-0.2, 0) is 6.42 Å². The van der Waals surface area contributed by atoms with Gasteiger partial charge >= 0.3 is 0 Å². The molecule has 0 saturated carbocycles. The predicted octanol–water partition coefficient (Wildman–Crippen LogP) is 4.14. The van der Waals surface area contributed by atoms with Gasteiger partial charge in [-0.15, -0.1) is 0 Å². The number of hydrogen-bond donors (Lipinski definition) is 1. The minimum atomic E-state index is -0.256.